The Labute approximate surface area is 215 Å². The molecule has 4 rings (SSSR count). The number of hydrogen-bond donors (Lipinski definition) is 4. The number of likely N-dealkylation sites (N-methyl/N-ethyl adjacent to an activating group) is 1. The van der Waals surface area contributed by atoms with E-state index in [1.807, 2.05) is 25.1 Å². The van der Waals surface area contributed by atoms with E-state index in [1.54, 1.807) is 57.5 Å². The first-order valence-corrected chi connectivity index (χ1v) is 13.0. The largest absolute Gasteiger partial charge is 0.497 e. The number of hydrogen-bond acceptors (Lipinski definition) is 8. The molecule has 4 N–H and O–H groups in total. The zero-order valence-corrected chi connectivity index (χ0v) is 21.7. The van der Waals surface area contributed by atoms with Crippen LogP contribution in [0.1, 0.15) is 12.5 Å². The number of anilines is 4. The minimum atomic E-state index is -4.09. The molecule has 1 atom stereocenters. The van der Waals surface area contributed by atoms with Crippen LogP contribution >= 0.6 is 0 Å². The highest BCUT2D eigenvalue weighted by atomic mass is 32.2. The maximum absolute atomic E-state index is 13.4. The maximum Gasteiger partial charge on any atom is 0.263 e. The van der Waals surface area contributed by atoms with Crippen molar-refractivity contribution in [2.45, 2.75) is 24.8 Å². The molecule has 1 amide bonds. The van der Waals surface area contributed by atoms with Crippen LogP contribution in [0, 0.1) is 6.92 Å². The molecule has 1 aromatic heterocycles. The summed E-state index contributed by atoms with van der Waals surface area (Å²) in [5.74, 6) is 0.603. The molecule has 192 valence electrons. The van der Waals surface area contributed by atoms with Gasteiger partial charge >= 0.3 is 0 Å². The van der Waals surface area contributed by atoms with Crippen molar-refractivity contribution in [2.24, 2.45) is 0 Å². The summed E-state index contributed by atoms with van der Waals surface area (Å²) in [5, 5.41) is 8.74. The van der Waals surface area contributed by atoms with E-state index < -0.39 is 16.1 Å². The summed E-state index contributed by atoms with van der Waals surface area (Å²) >= 11 is 0. The Balaban J connectivity index is 1.71. The number of para-hydroxylation sites is 2. The molecule has 0 saturated carbocycles. The first-order chi connectivity index (χ1) is 17.7. The van der Waals surface area contributed by atoms with Crippen LogP contribution < -0.4 is 25.4 Å². The maximum atomic E-state index is 13.4. The highest BCUT2D eigenvalue weighted by Gasteiger charge is 2.21. The molecule has 0 fully saturated rings. The van der Waals surface area contributed by atoms with Gasteiger partial charge in [-0.2, -0.15) is 0 Å². The number of carbonyl (C=O) groups is 1. The van der Waals surface area contributed by atoms with E-state index >= 15 is 0 Å². The number of rotatable bonds is 9. The van der Waals surface area contributed by atoms with Crippen LogP contribution in [0.25, 0.3) is 11.0 Å². The van der Waals surface area contributed by atoms with Gasteiger partial charge in [0.15, 0.2) is 11.6 Å². The topological polar surface area (TPSA) is 134 Å². The van der Waals surface area contributed by atoms with Crippen LogP contribution in [0.2, 0.25) is 0 Å². The third-order valence-corrected chi connectivity index (χ3v) is 7.07. The SMILES string of the molecule is CN[C@@H](C)C(=O)Nc1cccc(S(=O)(=O)Nc2nc3ccccc3nc2Nc2cc(OC)ccc2C)c1. The number of nitrogens with zero attached hydrogens (tertiary/aromatic N) is 2. The van der Waals surface area contributed by atoms with E-state index in [0.717, 1.165) is 5.56 Å². The van der Waals surface area contributed by atoms with Crippen LogP contribution in [0.4, 0.5) is 23.0 Å². The van der Waals surface area contributed by atoms with Crippen molar-refractivity contribution in [3.63, 3.8) is 0 Å². The Morgan fingerprint density at radius 1 is 0.946 bits per heavy atom. The average molecular weight is 521 g/mol. The summed E-state index contributed by atoms with van der Waals surface area (Å²) < 4.78 is 34.7. The highest BCUT2D eigenvalue weighted by Crippen LogP contribution is 2.30. The Morgan fingerprint density at radius 3 is 2.32 bits per heavy atom. The standard InChI is InChI=1S/C26H28N6O4S/c1-16-12-13-19(36-4)15-23(16)31-24-25(30-22-11-6-5-10-21(22)29-24)32-37(34,35)20-9-7-8-18(14-20)28-26(33)17(2)27-3/h5-15,17,27H,1-4H3,(H,28,33)(H,29,31)(H,30,32)/t17-/m0/s1. The van der Waals surface area contributed by atoms with E-state index in [2.05, 4.69) is 30.6 Å². The molecule has 11 heteroatoms. The molecule has 4 aromatic rings. The number of methoxy groups -OCH3 is 1. The summed E-state index contributed by atoms with van der Waals surface area (Å²) in [5.41, 5.74) is 3.06. The second-order valence-corrected chi connectivity index (χ2v) is 10.0. The molecular weight excluding hydrogens is 492 g/mol. The van der Waals surface area contributed by atoms with Crippen molar-refractivity contribution in [3.8, 4) is 5.75 Å². The lowest BCUT2D eigenvalue weighted by Gasteiger charge is -2.16. The Hall–Kier alpha value is -4.22. The number of fused-ring (bicyclic) bond motifs is 1. The lowest BCUT2D eigenvalue weighted by atomic mass is 10.2. The number of carbonyl (C=O) groups excluding carboxylic acids is 1. The number of aromatic nitrogens is 2. The summed E-state index contributed by atoms with van der Waals surface area (Å²) in [6.07, 6.45) is 0. The average Bonchev–Trinajstić information content (AvgIpc) is 2.89. The molecule has 1 heterocycles. The summed E-state index contributed by atoms with van der Waals surface area (Å²) in [4.78, 5) is 21.4. The number of benzene rings is 3. The van der Waals surface area contributed by atoms with Gasteiger partial charge in [-0.15, -0.1) is 0 Å². The van der Waals surface area contributed by atoms with E-state index in [1.165, 1.54) is 12.1 Å². The molecule has 0 aliphatic carbocycles. The predicted octanol–water partition coefficient (Wildman–Crippen LogP) is 4.04. The van der Waals surface area contributed by atoms with Crippen molar-refractivity contribution < 1.29 is 17.9 Å². The quantitative estimate of drug-likeness (QED) is 0.260. The fourth-order valence-electron chi connectivity index (χ4n) is 3.46. The smallest absolute Gasteiger partial charge is 0.263 e. The first-order valence-electron chi connectivity index (χ1n) is 11.5. The fraction of sp³-hybridized carbons (Fsp3) is 0.192. The number of ether oxygens (including phenoxy) is 1. The second kappa shape index (κ2) is 10.8. The lowest BCUT2D eigenvalue weighted by Crippen LogP contribution is -2.35. The minimum Gasteiger partial charge on any atom is -0.497 e. The van der Waals surface area contributed by atoms with Gasteiger partial charge in [-0.25, -0.2) is 18.4 Å². The molecule has 0 spiro atoms. The third-order valence-electron chi connectivity index (χ3n) is 5.74. The molecule has 10 nitrogen and oxygen atoms in total. The van der Waals surface area contributed by atoms with Gasteiger partial charge in [-0.3, -0.25) is 9.52 Å². The Morgan fingerprint density at radius 2 is 1.65 bits per heavy atom. The molecule has 0 aliphatic rings. The molecule has 0 saturated heterocycles. The molecule has 3 aromatic carbocycles. The van der Waals surface area contributed by atoms with E-state index in [0.29, 0.717) is 28.2 Å². The number of nitrogens with one attached hydrogen (secondary N) is 4. The van der Waals surface area contributed by atoms with E-state index in [9.17, 15) is 13.2 Å². The molecular formula is C26H28N6O4S. The van der Waals surface area contributed by atoms with Crippen molar-refractivity contribution in [1.82, 2.24) is 15.3 Å². The number of sulfonamides is 1. The van der Waals surface area contributed by atoms with E-state index in [-0.39, 0.29) is 22.4 Å². The van der Waals surface area contributed by atoms with Gasteiger partial charge in [0.05, 0.1) is 29.1 Å². The lowest BCUT2D eigenvalue weighted by molar-refractivity contribution is -0.117. The normalized spacial score (nSPS) is 12.1. The van der Waals surface area contributed by atoms with Crippen LogP contribution in [0.3, 0.4) is 0 Å². The van der Waals surface area contributed by atoms with Gasteiger partial charge < -0.3 is 20.7 Å². The zero-order valence-electron chi connectivity index (χ0n) is 20.9. The van der Waals surface area contributed by atoms with Crippen molar-refractivity contribution in [1.29, 1.82) is 0 Å². The zero-order chi connectivity index (χ0) is 26.6. The van der Waals surface area contributed by atoms with Crippen molar-refractivity contribution >= 4 is 50.0 Å². The molecule has 0 aliphatic heterocycles. The Bertz CT molecular complexity index is 1560. The van der Waals surface area contributed by atoms with Crippen LogP contribution in [-0.4, -0.2) is 44.5 Å². The van der Waals surface area contributed by atoms with Crippen LogP contribution in [0.15, 0.2) is 71.6 Å². The van der Waals surface area contributed by atoms with Gasteiger partial charge in [-0.1, -0.05) is 24.3 Å². The highest BCUT2D eigenvalue weighted by molar-refractivity contribution is 7.92. The second-order valence-electron chi connectivity index (χ2n) is 8.35. The van der Waals surface area contributed by atoms with Gasteiger partial charge in [-0.05, 0) is 62.9 Å². The van der Waals surface area contributed by atoms with Crippen molar-refractivity contribution in [2.75, 3.05) is 29.5 Å². The summed E-state index contributed by atoms with van der Waals surface area (Å²) in [6.45, 7) is 3.61. The molecule has 0 unspecified atom stereocenters. The van der Waals surface area contributed by atoms with Gasteiger partial charge in [0.2, 0.25) is 5.91 Å². The third kappa shape index (κ3) is 5.96. The molecule has 0 radical (unpaired) electrons. The van der Waals surface area contributed by atoms with Gasteiger partial charge in [0.1, 0.15) is 5.75 Å². The molecule has 0 bridgehead atoms. The van der Waals surface area contributed by atoms with Gasteiger partial charge in [0.25, 0.3) is 10.0 Å². The number of aryl methyl sites for hydroxylation is 1. The first kappa shape index (κ1) is 25.9. The van der Waals surface area contributed by atoms with E-state index in [4.69, 9.17) is 4.74 Å². The molecule has 37 heavy (non-hydrogen) atoms. The van der Waals surface area contributed by atoms with Crippen LogP contribution in [-0.2, 0) is 14.8 Å². The van der Waals surface area contributed by atoms with Crippen LogP contribution in [0.5, 0.6) is 5.75 Å². The fourth-order valence-corrected chi connectivity index (χ4v) is 4.51. The van der Waals surface area contributed by atoms with Gasteiger partial charge in [0, 0.05) is 17.4 Å². The predicted molar refractivity (Wildman–Crippen MR) is 145 cm³/mol. The van der Waals surface area contributed by atoms with Crippen molar-refractivity contribution in [3.05, 3.63) is 72.3 Å². The monoisotopic (exact) mass is 520 g/mol. The Kier molecular flexibility index (Phi) is 7.55. The summed E-state index contributed by atoms with van der Waals surface area (Å²) in [6, 6.07) is 18.2. The number of amides is 1. The summed E-state index contributed by atoms with van der Waals surface area (Å²) in [7, 11) is -0.854. The minimum absolute atomic E-state index is 0.0270.